The van der Waals surface area contributed by atoms with Gasteiger partial charge >= 0.3 is 0 Å². The molecule has 1 heterocycles. The number of fused-ring (bicyclic) bond motifs is 1. The summed E-state index contributed by atoms with van der Waals surface area (Å²) >= 11 is 1.39. The average molecular weight is 368 g/mol. The third-order valence-corrected chi connectivity index (χ3v) is 5.63. The van der Waals surface area contributed by atoms with E-state index in [-0.39, 0.29) is 17.8 Å². The fraction of sp³-hybridized carbons (Fsp3) is 0.200. The number of halogens is 1. The van der Waals surface area contributed by atoms with E-state index in [0.29, 0.717) is 17.0 Å². The molecule has 1 saturated carbocycles. The van der Waals surface area contributed by atoms with E-state index in [1.807, 2.05) is 17.0 Å². The number of benzene rings is 2. The normalized spacial score (nSPS) is 13.7. The molecule has 2 amide bonds. The van der Waals surface area contributed by atoms with Crippen LogP contribution in [0, 0.1) is 5.82 Å². The minimum absolute atomic E-state index is 0.0342. The van der Waals surface area contributed by atoms with Gasteiger partial charge < -0.3 is 10.6 Å². The maximum absolute atomic E-state index is 13.4. The molecule has 26 heavy (non-hydrogen) atoms. The summed E-state index contributed by atoms with van der Waals surface area (Å²) in [7, 11) is 0. The standard InChI is InChI=1S/C20H17FN2O2S/c21-15-5-8-17-14(9-15)10-18(26-17)20(25)23(16-6-7-16)11-12-1-3-13(4-2-12)19(22)24/h1-5,8-10,16H,6-7,11H2,(H2,22,24). The van der Waals surface area contributed by atoms with Gasteiger partial charge in [-0.2, -0.15) is 0 Å². The number of primary amides is 1. The van der Waals surface area contributed by atoms with Crippen LogP contribution in [-0.4, -0.2) is 22.8 Å². The molecule has 0 spiro atoms. The van der Waals surface area contributed by atoms with E-state index < -0.39 is 5.91 Å². The van der Waals surface area contributed by atoms with Crippen LogP contribution in [0.3, 0.4) is 0 Å². The fourth-order valence-corrected chi connectivity index (χ4v) is 3.98. The van der Waals surface area contributed by atoms with Crippen molar-refractivity contribution in [2.24, 2.45) is 5.73 Å². The van der Waals surface area contributed by atoms with Gasteiger partial charge in [0.05, 0.1) is 4.88 Å². The number of amides is 2. The van der Waals surface area contributed by atoms with E-state index >= 15 is 0 Å². The predicted octanol–water partition coefficient (Wildman–Crippen LogP) is 3.94. The highest BCUT2D eigenvalue weighted by Crippen LogP contribution is 2.33. The number of carbonyl (C=O) groups excluding carboxylic acids is 2. The fourth-order valence-electron chi connectivity index (χ4n) is 2.99. The van der Waals surface area contributed by atoms with Crippen LogP contribution >= 0.6 is 11.3 Å². The van der Waals surface area contributed by atoms with Crippen LogP contribution < -0.4 is 5.73 Å². The van der Waals surface area contributed by atoms with Gasteiger partial charge in [-0.3, -0.25) is 9.59 Å². The lowest BCUT2D eigenvalue weighted by Gasteiger charge is -2.22. The van der Waals surface area contributed by atoms with E-state index in [9.17, 15) is 14.0 Å². The Labute approximate surface area is 154 Å². The van der Waals surface area contributed by atoms with Crippen LogP contribution in [0.15, 0.2) is 48.5 Å². The molecule has 0 unspecified atom stereocenters. The zero-order valence-electron chi connectivity index (χ0n) is 13.9. The second-order valence-electron chi connectivity index (χ2n) is 6.52. The van der Waals surface area contributed by atoms with E-state index in [2.05, 4.69) is 0 Å². The molecule has 0 bridgehead atoms. The summed E-state index contributed by atoms with van der Waals surface area (Å²) in [4.78, 5) is 26.7. The first-order valence-electron chi connectivity index (χ1n) is 8.40. The quantitative estimate of drug-likeness (QED) is 0.741. The molecule has 1 aromatic heterocycles. The van der Waals surface area contributed by atoms with Crippen molar-refractivity contribution in [2.75, 3.05) is 0 Å². The zero-order valence-corrected chi connectivity index (χ0v) is 14.8. The van der Waals surface area contributed by atoms with Crippen molar-refractivity contribution >= 4 is 33.2 Å². The molecular formula is C20H17FN2O2S. The van der Waals surface area contributed by atoms with Crippen molar-refractivity contribution < 1.29 is 14.0 Å². The molecule has 1 aliphatic rings. The van der Waals surface area contributed by atoms with Crippen LogP contribution in [0.5, 0.6) is 0 Å². The Morgan fingerprint density at radius 1 is 1.12 bits per heavy atom. The van der Waals surface area contributed by atoms with Crippen molar-refractivity contribution in [1.82, 2.24) is 4.90 Å². The number of hydrogen-bond donors (Lipinski definition) is 1. The largest absolute Gasteiger partial charge is 0.366 e. The molecule has 6 heteroatoms. The van der Waals surface area contributed by atoms with Crippen LogP contribution in [0.1, 0.15) is 38.4 Å². The topological polar surface area (TPSA) is 63.4 Å². The Morgan fingerprint density at radius 2 is 1.85 bits per heavy atom. The van der Waals surface area contributed by atoms with Crippen molar-refractivity contribution in [3.05, 3.63) is 70.4 Å². The third-order valence-electron chi connectivity index (χ3n) is 4.53. The molecular weight excluding hydrogens is 351 g/mol. The smallest absolute Gasteiger partial charge is 0.264 e. The number of carbonyl (C=O) groups is 2. The molecule has 132 valence electrons. The maximum atomic E-state index is 13.4. The second-order valence-corrected chi connectivity index (χ2v) is 7.60. The van der Waals surface area contributed by atoms with Crippen molar-refractivity contribution in [2.45, 2.75) is 25.4 Å². The zero-order chi connectivity index (χ0) is 18.3. The lowest BCUT2D eigenvalue weighted by Crippen LogP contribution is -2.32. The number of nitrogens with two attached hydrogens (primary N) is 1. The van der Waals surface area contributed by atoms with Crippen molar-refractivity contribution in [1.29, 1.82) is 0 Å². The molecule has 2 aromatic carbocycles. The first-order valence-corrected chi connectivity index (χ1v) is 9.22. The summed E-state index contributed by atoms with van der Waals surface area (Å²) in [5.74, 6) is -0.805. The average Bonchev–Trinajstić information content (AvgIpc) is 3.38. The molecule has 0 radical (unpaired) electrons. The van der Waals surface area contributed by atoms with Gasteiger partial charge in [0.1, 0.15) is 5.82 Å². The highest BCUT2D eigenvalue weighted by molar-refractivity contribution is 7.20. The molecule has 0 atom stereocenters. The van der Waals surface area contributed by atoms with Gasteiger partial charge in [0.25, 0.3) is 5.91 Å². The predicted molar refractivity (Wildman–Crippen MR) is 99.6 cm³/mol. The van der Waals surface area contributed by atoms with E-state index in [1.165, 1.54) is 23.5 Å². The Morgan fingerprint density at radius 3 is 2.50 bits per heavy atom. The lowest BCUT2D eigenvalue weighted by atomic mass is 10.1. The first-order chi connectivity index (χ1) is 12.5. The first kappa shape index (κ1) is 16.7. The van der Waals surface area contributed by atoms with Gasteiger partial charge in [-0.25, -0.2) is 4.39 Å². The lowest BCUT2D eigenvalue weighted by molar-refractivity contribution is 0.0734. The molecule has 3 aromatic rings. The number of hydrogen-bond acceptors (Lipinski definition) is 3. The van der Waals surface area contributed by atoms with Gasteiger partial charge in [-0.05, 0) is 60.2 Å². The minimum atomic E-state index is -0.468. The highest BCUT2D eigenvalue weighted by atomic mass is 32.1. The van der Waals surface area contributed by atoms with Gasteiger partial charge in [0.2, 0.25) is 5.91 Å². The molecule has 4 rings (SSSR count). The minimum Gasteiger partial charge on any atom is -0.366 e. The van der Waals surface area contributed by atoms with Gasteiger partial charge in [0, 0.05) is 22.8 Å². The van der Waals surface area contributed by atoms with E-state index in [0.717, 1.165) is 28.5 Å². The van der Waals surface area contributed by atoms with E-state index in [4.69, 9.17) is 5.73 Å². The number of rotatable bonds is 5. The SMILES string of the molecule is NC(=O)c1ccc(CN(C(=O)c2cc3cc(F)ccc3s2)C2CC2)cc1. The van der Waals surface area contributed by atoms with Crippen molar-refractivity contribution in [3.8, 4) is 0 Å². The Bertz CT molecular complexity index is 993. The van der Waals surface area contributed by atoms with Gasteiger partial charge in [-0.1, -0.05) is 12.1 Å². The Balaban J connectivity index is 1.59. The molecule has 1 aliphatic carbocycles. The summed E-state index contributed by atoms with van der Waals surface area (Å²) in [6.07, 6.45) is 1.98. The monoisotopic (exact) mass is 368 g/mol. The summed E-state index contributed by atoms with van der Waals surface area (Å²) in [6, 6.07) is 13.6. The second kappa shape index (κ2) is 6.53. The van der Waals surface area contributed by atoms with Gasteiger partial charge in [-0.15, -0.1) is 11.3 Å². The Hall–Kier alpha value is -2.73. The summed E-state index contributed by atoms with van der Waals surface area (Å²) < 4.78 is 14.3. The molecule has 4 nitrogen and oxygen atoms in total. The van der Waals surface area contributed by atoms with Crippen LogP contribution in [0.25, 0.3) is 10.1 Å². The summed E-state index contributed by atoms with van der Waals surface area (Å²) in [5, 5.41) is 0.750. The van der Waals surface area contributed by atoms with Crippen molar-refractivity contribution in [3.63, 3.8) is 0 Å². The third kappa shape index (κ3) is 3.32. The molecule has 0 aliphatic heterocycles. The highest BCUT2D eigenvalue weighted by Gasteiger charge is 2.33. The summed E-state index contributed by atoms with van der Waals surface area (Å²) in [5.41, 5.74) is 6.66. The molecule has 2 N–H and O–H groups in total. The molecule has 0 saturated heterocycles. The van der Waals surface area contributed by atoms with Crippen LogP contribution in [-0.2, 0) is 6.54 Å². The molecule has 1 fully saturated rings. The number of thiophene rings is 1. The Kier molecular flexibility index (Phi) is 4.20. The van der Waals surface area contributed by atoms with E-state index in [1.54, 1.807) is 24.3 Å². The number of nitrogens with zero attached hydrogens (tertiary/aromatic N) is 1. The van der Waals surface area contributed by atoms with Crippen LogP contribution in [0.4, 0.5) is 4.39 Å². The summed E-state index contributed by atoms with van der Waals surface area (Å²) in [6.45, 7) is 0.477. The van der Waals surface area contributed by atoms with Gasteiger partial charge in [0.15, 0.2) is 0 Å². The maximum Gasteiger partial charge on any atom is 0.264 e. The van der Waals surface area contributed by atoms with Crippen LogP contribution in [0.2, 0.25) is 0 Å².